The third kappa shape index (κ3) is 4.34. The first kappa shape index (κ1) is 20.6. The first-order valence-corrected chi connectivity index (χ1v) is 10.9. The highest BCUT2D eigenvalue weighted by molar-refractivity contribution is 5.63. The number of pyridine rings is 1. The number of piperazine rings is 1. The summed E-state index contributed by atoms with van der Waals surface area (Å²) in [5.41, 5.74) is 1.62. The summed E-state index contributed by atoms with van der Waals surface area (Å²) < 4.78 is 19.5. The van der Waals surface area contributed by atoms with Crippen molar-refractivity contribution in [3.63, 3.8) is 0 Å². The summed E-state index contributed by atoms with van der Waals surface area (Å²) in [6.07, 6.45) is 1.82. The van der Waals surface area contributed by atoms with E-state index in [0.29, 0.717) is 36.5 Å². The van der Waals surface area contributed by atoms with Crippen LogP contribution < -0.4 is 14.7 Å². The smallest absolute Gasteiger partial charge is 0.230 e. The van der Waals surface area contributed by atoms with E-state index < -0.39 is 0 Å². The number of hydrogen-bond donors (Lipinski definition) is 0. The van der Waals surface area contributed by atoms with Gasteiger partial charge >= 0.3 is 0 Å². The van der Waals surface area contributed by atoms with Crippen molar-refractivity contribution in [3.8, 4) is 11.4 Å². The molecule has 2 fully saturated rings. The monoisotopic (exact) mass is 435 g/mol. The van der Waals surface area contributed by atoms with Crippen molar-refractivity contribution in [1.29, 1.82) is 0 Å². The number of aryl methyl sites for hydroxylation is 1. The van der Waals surface area contributed by atoms with E-state index >= 15 is 0 Å². The van der Waals surface area contributed by atoms with Crippen molar-refractivity contribution in [2.75, 3.05) is 67.2 Å². The molecule has 2 aromatic heterocycles. The fourth-order valence-electron chi connectivity index (χ4n) is 4.03. The van der Waals surface area contributed by atoms with Crippen molar-refractivity contribution < 1.29 is 9.13 Å². The zero-order valence-electron chi connectivity index (χ0n) is 18.1. The van der Waals surface area contributed by atoms with E-state index in [1.54, 1.807) is 6.07 Å². The first-order valence-electron chi connectivity index (χ1n) is 10.9. The lowest BCUT2D eigenvalue weighted by atomic mass is 10.1. The van der Waals surface area contributed by atoms with Crippen LogP contribution in [-0.4, -0.2) is 72.4 Å². The molecule has 9 heteroatoms. The molecule has 0 radical (unpaired) electrons. The van der Waals surface area contributed by atoms with Crippen LogP contribution in [0.2, 0.25) is 0 Å². The van der Waals surface area contributed by atoms with E-state index in [1.165, 1.54) is 12.1 Å². The van der Waals surface area contributed by atoms with E-state index in [1.807, 2.05) is 31.3 Å². The third-order valence-electron chi connectivity index (χ3n) is 5.88. The Balaban J connectivity index is 1.45. The molecular formula is C23H26FN7O. The molecule has 0 atom stereocenters. The summed E-state index contributed by atoms with van der Waals surface area (Å²) in [6.45, 7) is 7.84. The lowest BCUT2D eigenvalue weighted by molar-refractivity contribution is 0.122. The van der Waals surface area contributed by atoms with Crippen molar-refractivity contribution in [3.05, 3.63) is 54.0 Å². The van der Waals surface area contributed by atoms with Crippen LogP contribution in [0.1, 0.15) is 5.56 Å². The van der Waals surface area contributed by atoms with Crippen LogP contribution in [0.5, 0.6) is 0 Å². The van der Waals surface area contributed by atoms with Crippen molar-refractivity contribution in [1.82, 2.24) is 19.9 Å². The van der Waals surface area contributed by atoms with Crippen LogP contribution in [0, 0.1) is 12.7 Å². The molecule has 0 amide bonds. The predicted octanol–water partition coefficient (Wildman–Crippen LogP) is 2.54. The lowest BCUT2D eigenvalue weighted by Gasteiger charge is -2.36. The van der Waals surface area contributed by atoms with Gasteiger partial charge in [0, 0.05) is 51.0 Å². The summed E-state index contributed by atoms with van der Waals surface area (Å²) in [6, 6.07) is 10.7. The van der Waals surface area contributed by atoms with Gasteiger partial charge in [0.2, 0.25) is 11.9 Å². The second-order valence-corrected chi connectivity index (χ2v) is 7.98. The molecule has 5 rings (SSSR count). The average Bonchev–Trinajstić information content (AvgIpc) is 2.86. The highest BCUT2D eigenvalue weighted by Crippen LogP contribution is 2.26. The first-order chi connectivity index (χ1) is 15.7. The highest BCUT2D eigenvalue weighted by Gasteiger charge is 2.24. The number of halogens is 1. The molecule has 4 heterocycles. The topological polar surface area (TPSA) is 70.5 Å². The molecule has 0 aliphatic carbocycles. The molecule has 0 unspecified atom stereocenters. The third-order valence-corrected chi connectivity index (χ3v) is 5.88. The fourth-order valence-corrected chi connectivity index (χ4v) is 4.03. The van der Waals surface area contributed by atoms with Gasteiger partial charge in [0.1, 0.15) is 11.6 Å². The Labute approximate surface area is 186 Å². The van der Waals surface area contributed by atoms with Crippen molar-refractivity contribution in [2.24, 2.45) is 0 Å². The van der Waals surface area contributed by atoms with Crippen LogP contribution in [0.3, 0.4) is 0 Å². The Hall–Kier alpha value is -3.33. The van der Waals surface area contributed by atoms with E-state index in [4.69, 9.17) is 19.7 Å². The second-order valence-electron chi connectivity index (χ2n) is 7.98. The minimum absolute atomic E-state index is 0.301. The molecule has 32 heavy (non-hydrogen) atoms. The van der Waals surface area contributed by atoms with Crippen LogP contribution in [-0.2, 0) is 4.74 Å². The molecule has 1 aromatic carbocycles. The standard InChI is InChI=1S/C23H26FN7O/c1-17-5-6-18(24)16-19(17)21-26-22(28-23(27-21)31-12-14-32-15-13-31)30-10-8-29(9-11-30)20-4-2-3-7-25-20/h2-7,16H,8-15H2,1H3. The van der Waals surface area contributed by atoms with Crippen LogP contribution in [0.4, 0.5) is 22.1 Å². The summed E-state index contributed by atoms with van der Waals surface area (Å²) in [5, 5.41) is 0. The largest absolute Gasteiger partial charge is 0.378 e. The van der Waals surface area contributed by atoms with E-state index in [9.17, 15) is 4.39 Å². The lowest BCUT2D eigenvalue weighted by Crippen LogP contribution is -2.47. The van der Waals surface area contributed by atoms with Gasteiger partial charge < -0.3 is 19.4 Å². The second kappa shape index (κ2) is 9.04. The predicted molar refractivity (Wildman–Crippen MR) is 122 cm³/mol. The molecule has 3 aromatic rings. The molecule has 8 nitrogen and oxygen atoms in total. The Morgan fingerprint density at radius 1 is 0.812 bits per heavy atom. The normalized spacial score (nSPS) is 17.0. The summed E-state index contributed by atoms with van der Waals surface area (Å²) in [4.78, 5) is 25.3. The zero-order chi connectivity index (χ0) is 21.9. The van der Waals surface area contributed by atoms with Gasteiger partial charge in [-0.2, -0.15) is 15.0 Å². The van der Waals surface area contributed by atoms with Gasteiger partial charge in [-0.15, -0.1) is 0 Å². The Morgan fingerprint density at radius 2 is 1.50 bits per heavy atom. The Bertz CT molecular complexity index is 1070. The minimum atomic E-state index is -0.301. The SMILES string of the molecule is Cc1ccc(F)cc1-c1nc(N2CCOCC2)nc(N2CCN(c3ccccn3)CC2)n1. The van der Waals surface area contributed by atoms with Crippen molar-refractivity contribution >= 4 is 17.7 Å². The fraction of sp³-hybridized carbons (Fsp3) is 0.391. The number of hydrogen-bond acceptors (Lipinski definition) is 8. The van der Waals surface area contributed by atoms with Gasteiger partial charge in [-0.05, 0) is 36.8 Å². The molecule has 166 valence electrons. The number of benzene rings is 1. The molecule has 2 saturated heterocycles. The van der Waals surface area contributed by atoms with Crippen LogP contribution in [0.25, 0.3) is 11.4 Å². The maximum Gasteiger partial charge on any atom is 0.230 e. The van der Waals surface area contributed by atoms with Gasteiger partial charge in [0.15, 0.2) is 5.82 Å². The Morgan fingerprint density at radius 3 is 2.19 bits per heavy atom. The number of ether oxygens (including phenoxy) is 1. The maximum atomic E-state index is 14.0. The van der Waals surface area contributed by atoms with Gasteiger partial charge in [-0.3, -0.25) is 0 Å². The van der Waals surface area contributed by atoms with E-state index in [2.05, 4.69) is 19.7 Å². The number of rotatable bonds is 4. The van der Waals surface area contributed by atoms with Gasteiger partial charge in [0.05, 0.1) is 13.2 Å². The van der Waals surface area contributed by atoms with Crippen molar-refractivity contribution in [2.45, 2.75) is 6.92 Å². The van der Waals surface area contributed by atoms with Gasteiger partial charge in [-0.25, -0.2) is 9.37 Å². The summed E-state index contributed by atoms with van der Waals surface area (Å²) in [5.74, 6) is 2.42. The quantitative estimate of drug-likeness (QED) is 0.619. The molecule has 2 aliphatic heterocycles. The van der Waals surface area contributed by atoms with Gasteiger partial charge in [0.25, 0.3) is 0 Å². The summed E-state index contributed by atoms with van der Waals surface area (Å²) in [7, 11) is 0. The van der Waals surface area contributed by atoms with Gasteiger partial charge in [-0.1, -0.05) is 12.1 Å². The summed E-state index contributed by atoms with van der Waals surface area (Å²) >= 11 is 0. The number of anilines is 3. The van der Waals surface area contributed by atoms with E-state index in [-0.39, 0.29) is 5.82 Å². The molecule has 0 N–H and O–H groups in total. The zero-order valence-corrected chi connectivity index (χ0v) is 18.1. The highest BCUT2D eigenvalue weighted by atomic mass is 19.1. The molecule has 0 spiro atoms. The van der Waals surface area contributed by atoms with Crippen LogP contribution >= 0.6 is 0 Å². The minimum Gasteiger partial charge on any atom is -0.378 e. The molecular weight excluding hydrogens is 409 g/mol. The maximum absolute atomic E-state index is 14.0. The molecule has 2 aliphatic rings. The Kier molecular flexibility index (Phi) is 5.81. The molecule has 0 bridgehead atoms. The number of nitrogens with zero attached hydrogens (tertiary/aromatic N) is 7. The van der Waals surface area contributed by atoms with E-state index in [0.717, 1.165) is 50.6 Å². The average molecular weight is 436 g/mol. The number of aromatic nitrogens is 4. The van der Waals surface area contributed by atoms with Crippen LogP contribution in [0.15, 0.2) is 42.6 Å². The molecule has 0 saturated carbocycles. The number of morpholine rings is 1.